The van der Waals surface area contributed by atoms with Crippen molar-refractivity contribution in [2.75, 3.05) is 32.5 Å². The van der Waals surface area contributed by atoms with Crippen LogP contribution in [0.5, 0.6) is 5.75 Å². The van der Waals surface area contributed by atoms with E-state index in [1.54, 1.807) is 7.11 Å². The van der Waals surface area contributed by atoms with Crippen molar-refractivity contribution in [2.45, 2.75) is 25.7 Å². The van der Waals surface area contributed by atoms with Gasteiger partial charge >= 0.3 is 0 Å². The standard InChI is InChI=1S/C10H9N5O.C7H13F2N/c1-16-7-4-2-3-6-8(7)14-10(11)15-9(6)12-5-13-15;8-7(9)6-10-4-2-1-3-5-10/h2-5H,1H3,(H2,11,14);7H,1-6H2. The molecule has 1 saturated heterocycles. The molecule has 0 aliphatic carbocycles. The third kappa shape index (κ3) is 3.98. The molecule has 1 fully saturated rings. The van der Waals surface area contributed by atoms with Crippen LogP contribution >= 0.6 is 0 Å². The molecule has 0 saturated carbocycles. The lowest BCUT2D eigenvalue weighted by molar-refractivity contribution is 0.0788. The van der Waals surface area contributed by atoms with E-state index in [-0.39, 0.29) is 6.54 Å². The molecule has 0 amide bonds. The van der Waals surface area contributed by atoms with Gasteiger partial charge in [-0.1, -0.05) is 12.5 Å². The van der Waals surface area contributed by atoms with E-state index in [0.717, 1.165) is 31.3 Å². The molecule has 3 aromatic rings. The normalized spacial score (nSPS) is 15.2. The zero-order valence-electron chi connectivity index (χ0n) is 14.6. The van der Waals surface area contributed by atoms with Crippen molar-refractivity contribution in [1.29, 1.82) is 0 Å². The number of benzene rings is 1. The number of aromatic nitrogens is 4. The van der Waals surface area contributed by atoms with Gasteiger partial charge in [0.2, 0.25) is 5.95 Å². The Morgan fingerprint density at radius 3 is 2.69 bits per heavy atom. The van der Waals surface area contributed by atoms with E-state index in [1.165, 1.54) is 17.3 Å². The number of alkyl halides is 2. The molecule has 2 N–H and O–H groups in total. The Balaban J connectivity index is 0.000000170. The maximum absolute atomic E-state index is 11.8. The molecule has 1 aliphatic rings. The summed E-state index contributed by atoms with van der Waals surface area (Å²) in [5, 5.41) is 4.87. The molecule has 4 rings (SSSR count). The predicted molar refractivity (Wildman–Crippen MR) is 95.5 cm³/mol. The second kappa shape index (κ2) is 8.22. The van der Waals surface area contributed by atoms with Crippen molar-refractivity contribution < 1.29 is 13.5 Å². The number of para-hydroxylation sites is 1. The molecule has 7 nitrogen and oxygen atoms in total. The summed E-state index contributed by atoms with van der Waals surface area (Å²) in [6.07, 6.45) is 2.68. The fraction of sp³-hybridized carbons (Fsp3) is 0.471. The third-order valence-electron chi connectivity index (χ3n) is 4.30. The number of methoxy groups -OCH3 is 1. The first kappa shape index (κ1) is 18.2. The van der Waals surface area contributed by atoms with Gasteiger partial charge in [-0.15, -0.1) is 0 Å². The summed E-state index contributed by atoms with van der Waals surface area (Å²) >= 11 is 0. The number of nitrogens with two attached hydrogens (primary N) is 1. The first-order chi connectivity index (χ1) is 12.6. The van der Waals surface area contributed by atoms with Crippen LogP contribution in [0.1, 0.15) is 19.3 Å². The van der Waals surface area contributed by atoms with Gasteiger partial charge in [-0.2, -0.15) is 9.61 Å². The van der Waals surface area contributed by atoms with Gasteiger partial charge < -0.3 is 10.5 Å². The van der Waals surface area contributed by atoms with Gasteiger partial charge in [-0.25, -0.2) is 18.7 Å². The molecule has 1 aromatic carbocycles. The second-order valence-electron chi connectivity index (χ2n) is 6.07. The Bertz CT molecular complexity index is 863. The Hall–Kier alpha value is -2.55. The van der Waals surface area contributed by atoms with E-state index >= 15 is 0 Å². The van der Waals surface area contributed by atoms with Crippen molar-refractivity contribution in [3.05, 3.63) is 24.5 Å². The summed E-state index contributed by atoms with van der Waals surface area (Å²) in [5.41, 5.74) is 7.16. The molecule has 1 aliphatic heterocycles. The lowest BCUT2D eigenvalue weighted by atomic mass is 10.1. The summed E-state index contributed by atoms with van der Waals surface area (Å²) < 4.78 is 30.3. The number of ether oxygens (including phenoxy) is 1. The number of likely N-dealkylation sites (tertiary alicyclic amines) is 1. The molecule has 2 aromatic heterocycles. The average molecular weight is 364 g/mol. The molecular formula is C17H22F2N6O. The third-order valence-corrected chi connectivity index (χ3v) is 4.30. The Labute approximate surface area is 149 Å². The fourth-order valence-corrected chi connectivity index (χ4v) is 3.07. The number of fused-ring (bicyclic) bond motifs is 3. The van der Waals surface area contributed by atoms with Crippen LogP contribution in [0.4, 0.5) is 14.7 Å². The lowest BCUT2D eigenvalue weighted by Crippen LogP contribution is -2.33. The van der Waals surface area contributed by atoms with E-state index in [9.17, 15) is 8.78 Å². The molecule has 140 valence electrons. The first-order valence-electron chi connectivity index (χ1n) is 8.52. The Morgan fingerprint density at radius 2 is 2.00 bits per heavy atom. The summed E-state index contributed by atoms with van der Waals surface area (Å²) in [5.74, 6) is 0.971. The molecule has 9 heteroatoms. The van der Waals surface area contributed by atoms with Crippen LogP contribution in [0.3, 0.4) is 0 Å². The second-order valence-corrected chi connectivity index (χ2v) is 6.07. The van der Waals surface area contributed by atoms with Crippen molar-refractivity contribution in [1.82, 2.24) is 24.5 Å². The highest BCUT2D eigenvalue weighted by atomic mass is 19.3. The fourth-order valence-electron chi connectivity index (χ4n) is 3.07. The van der Waals surface area contributed by atoms with E-state index in [2.05, 4.69) is 15.1 Å². The molecule has 0 radical (unpaired) electrons. The number of nitrogen functional groups attached to an aromatic ring is 1. The van der Waals surface area contributed by atoms with Gasteiger partial charge in [0.05, 0.1) is 13.7 Å². The predicted octanol–water partition coefficient (Wildman–Crippen LogP) is 2.61. The molecule has 26 heavy (non-hydrogen) atoms. The minimum atomic E-state index is -2.15. The van der Waals surface area contributed by atoms with Gasteiger partial charge in [0.15, 0.2) is 5.65 Å². The monoisotopic (exact) mass is 364 g/mol. The maximum Gasteiger partial charge on any atom is 0.251 e. The van der Waals surface area contributed by atoms with Crippen LogP contribution in [0.15, 0.2) is 24.5 Å². The smallest absolute Gasteiger partial charge is 0.251 e. The Kier molecular flexibility index (Phi) is 5.77. The van der Waals surface area contributed by atoms with Crippen LogP contribution in [-0.4, -0.2) is 57.7 Å². The van der Waals surface area contributed by atoms with E-state index in [0.29, 0.717) is 22.9 Å². The van der Waals surface area contributed by atoms with Crippen molar-refractivity contribution in [3.63, 3.8) is 0 Å². The first-order valence-corrected chi connectivity index (χ1v) is 8.52. The molecular weight excluding hydrogens is 342 g/mol. The van der Waals surface area contributed by atoms with Gasteiger partial charge in [-0.3, -0.25) is 4.90 Å². The number of hydrogen-bond acceptors (Lipinski definition) is 6. The van der Waals surface area contributed by atoms with E-state index in [4.69, 9.17) is 10.5 Å². The van der Waals surface area contributed by atoms with Crippen LogP contribution in [0.2, 0.25) is 0 Å². The highest BCUT2D eigenvalue weighted by Crippen LogP contribution is 2.26. The van der Waals surface area contributed by atoms with Gasteiger partial charge in [0.25, 0.3) is 6.43 Å². The van der Waals surface area contributed by atoms with Crippen LogP contribution in [0.25, 0.3) is 16.6 Å². The number of anilines is 1. The number of nitrogens with zero attached hydrogens (tertiary/aromatic N) is 5. The molecule has 0 unspecified atom stereocenters. The van der Waals surface area contributed by atoms with Gasteiger partial charge in [-0.05, 0) is 38.1 Å². The summed E-state index contributed by atoms with van der Waals surface area (Å²) in [7, 11) is 1.60. The zero-order valence-corrected chi connectivity index (χ0v) is 14.6. The topological polar surface area (TPSA) is 81.6 Å². The number of halogens is 2. The van der Waals surface area contributed by atoms with E-state index in [1.807, 2.05) is 23.1 Å². The Morgan fingerprint density at radius 1 is 1.23 bits per heavy atom. The van der Waals surface area contributed by atoms with Crippen molar-refractivity contribution >= 4 is 22.5 Å². The molecule has 0 spiro atoms. The van der Waals surface area contributed by atoms with E-state index < -0.39 is 6.43 Å². The number of piperidine rings is 1. The number of hydrogen-bond donors (Lipinski definition) is 1. The lowest BCUT2D eigenvalue weighted by Gasteiger charge is -2.25. The average Bonchev–Trinajstić information content (AvgIpc) is 3.13. The quantitative estimate of drug-likeness (QED) is 0.769. The SMILES string of the molecule is COc1cccc2c1nc(N)n1ncnc21.FC(F)CN1CCCCC1. The summed E-state index contributed by atoms with van der Waals surface area (Å²) in [6.45, 7) is 1.70. The highest BCUT2D eigenvalue weighted by Gasteiger charge is 2.14. The maximum atomic E-state index is 11.8. The van der Waals surface area contributed by atoms with Crippen LogP contribution in [-0.2, 0) is 0 Å². The zero-order chi connectivity index (χ0) is 18.5. The largest absolute Gasteiger partial charge is 0.494 e. The van der Waals surface area contributed by atoms with Crippen molar-refractivity contribution in [2.24, 2.45) is 0 Å². The molecule has 3 heterocycles. The van der Waals surface area contributed by atoms with Crippen LogP contribution < -0.4 is 10.5 Å². The summed E-state index contributed by atoms with van der Waals surface area (Å²) in [6, 6.07) is 5.63. The minimum Gasteiger partial charge on any atom is -0.494 e. The molecule has 0 bridgehead atoms. The number of rotatable bonds is 3. The van der Waals surface area contributed by atoms with Gasteiger partial charge in [0.1, 0.15) is 17.6 Å². The molecule has 0 atom stereocenters. The summed E-state index contributed by atoms with van der Waals surface area (Å²) in [4.78, 5) is 10.3. The van der Waals surface area contributed by atoms with Crippen molar-refractivity contribution in [3.8, 4) is 5.75 Å². The highest BCUT2D eigenvalue weighted by molar-refractivity contribution is 5.95. The van der Waals surface area contributed by atoms with Gasteiger partial charge in [0, 0.05) is 5.39 Å². The minimum absolute atomic E-state index is 0.0278. The van der Waals surface area contributed by atoms with Crippen LogP contribution in [0, 0.1) is 0 Å².